The molecule has 2 rings (SSSR count). The van der Waals surface area contributed by atoms with Crippen LogP contribution in [0.15, 0.2) is 24.3 Å². The summed E-state index contributed by atoms with van der Waals surface area (Å²) in [4.78, 5) is 11.9. The minimum atomic E-state index is -5.91. The minimum absolute atomic E-state index is 0.387. The van der Waals surface area contributed by atoms with Crippen molar-refractivity contribution in [2.45, 2.75) is 18.5 Å². The summed E-state index contributed by atoms with van der Waals surface area (Å²) in [6.07, 6.45) is -15.9. The lowest BCUT2D eigenvalue weighted by molar-refractivity contribution is -0.304. The summed E-state index contributed by atoms with van der Waals surface area (Å²) < 4.78 is 107. The number of carbonyl (C=O) groups excluding carboxylic acids is 1. The fourth-order valence-electron chi connectivity index (χ4n) is 1.85. The van der Waals surface area contributed by atoms with Crippen LogP contribution in [0.25, 0.3) is 0 Å². The quantitative estimate of drug-likeness (QED) is 0.773. The van der Waals surface area contributed by atoms with Gasteiger partial charge in [0, 0.05) is 7.05 Å². The van der Waals surface area contributed by atoms with Crippen molar-refractivity contribution in [3.8, 4) is 5.75 Å². The molecule has 5 nitrogen and oxygen atoms in total. The Morgan fingerprint density at radius 1 is 1.19 bits per heavy atom. The summed E-state index contributed by atoms with van der Waals surface area (Å²) in [5.41, 5.74) is -1.70. The van der Waals surface area contributed by atoms with Crippen molar-refractivity contribution in [2.24, 2.45) is 7.05 Å². The molecule has 0 radical (unpaired) electrons. The van der Waals surface area contributed by atoms with Crippen LogP contribution in [0.4, 0.5) is 40.8 Å². The number of aryl methyl sites for hydroxylation is 1. The Balaban J connectivity index is 2.28. The summed E-state index contributed by atoms with van der Waals surface area (Å²) in [7, 11) is 0.978. The second-order valence-electron chi connectivity index (χ2n) is 5.10. The summed E-state index contributed by atoms with van der Waals surface area (Å²) in [5, 5.41) is 5.05. The molecule has 13 heteroatoms. The Bertz CT molecular complexity index is 849. The van der Waals surface area contributed by atoms with Gasteiger partial charge in [0.25, 0.3) is 12.1 Å². The molecule has 0 bridgehead atoms. The highest BCUT2D eigenvalue weighted by molar-refractivity contribution is 6.03. The maximum absolute atomic E-state index is 13.5. The van der Waals surface area contributed by atoms with E-state index in [1.807, 2.05) is 5.32 Å². The number of benzene rings is 1. The molecule has 0 saturated carbocycles. The van der Waals surface area contributed by atoms with E-state index >= 15 is 0 Å². The van der Waals surface area contributed by atoms with Crippen molar-refractivity contribution in [3.63, 3.8) is 0 Å². The summed E-state index contributed by atoms with van der Waals surface area (Å²) in [5.74, 6) is -5.57. The Morgan fingerprint density at radius 2 is 1.78 bits per heavy atom. The molecule has 0 aliphatic carbocycles. The van der Waals surface area contributed by atoms with Gasteiger partial charge in [-0.1, -0.05) is 12.1 Å². The lowest BCUT2D eigenvalue weighted by atomic mass is 10.2. The molecule has 0 aliphatic heterocycles. The van der Waals surface area contributed by atoms with Crippen molar-refractivity contribution in [2.75, 3.05) is 5.32 Å². The second-order valence-corrected chi connectivity index (χ2v) is 5.10. The number of amides is 1. The van der Waals surface area contributed by atoms with Gasteiger partial charge in [-0.25, -0.2) is 9.07 Å². The molecule has 148 valence electrons. The molecular formula is C14H9F8N3O2. The Morgan fingerprint density at radius 3 is 2.30 bits per heavy atom. The molecule has 0 saturated heterocycles. The average Bonchev–Trinajstić information content (AvgIpc) is 2.82. The zero-order valence-electron chi connectivity index (χ0n) is 13.1. The van der Waals surface area contributed by atoms with Crippen molar-refractivity contribution in [1.29, 1.82) is 0 Å². The van der Waals surface area contributed by atoms with Gasteiger partial charge in [0.2, 0.25) is 11.8 Å². The zero-order valence-corrected chi connectivity index (χ0v) is 13.1. The third kappa shape index (κ3) is 4.28. The molecule has 1 aromatic heterocycles. The number of anilines is 1. The summed E-state index contributed by atoms with van der Waals surface area (Å²) >= 11 is 0. The van der Waals surface area contributed by atoms with Gasteiger partial charge in [0.05, 0.1) is 5.69 Å². The van der Waals surface area contributed by atoms with Crippen LogP contribution in [0.2, 0.25) is 0 Å². The molecule has 0 fully saturated rings. The van der Waals surface area contributed by atoms with Crippen LogP contribution in [-0.4, -0.2) is 34.1 Å². The largest absolute Gasteiger partial charge is 0.439 e. The van der Waals surface area contributed by atoms with Gasteiger partial charge in [-0.3, -0.25) is 4.79 Å². The molecule has 0 aliphatic rings. The number of aromatic nitrogens is 2. The number of hydrogen-bond donors (Lipinski definition) is 1. The topological polar surface area (TPSA) is 56.2 Å². The highest BCUT2D eigenvalue weighted by Crippen LogP contribution is 2.38. The first-order valence-electron chi connectivity index (χ1n) is 6.90. The second kappa shape index (κ2) is 7.04. The number of alkyl halides is 6. The van der Waals surface area contributed by atoms with Crippen LogP contribution in [-0.2, 0) is 7.05 Å². The van der Waals surface area contributed by atoms with Crippen molar-refractivity contribution < 1.29 is 44.7 Å². The monoisotopic (exact) mass is 403 g/mol. The van der Waals surface area contributed by atoms with Crippen LogP contribution in [0, 0.1) is 11.8 Å². The zero-order chi connectivity index (χ0) is 20.6. The SMILES string of the molecule is Cn1nc(C(=O)Nc2ccccc2OC(F)(F)C(F)C(F)(F)F)c(F)c1F. The van der Waals surface area contributed by atoms with Crippen molar-refractivity contribution >= 4 is 11.6 Å². The van der Waals surface area contributed by atoms with E-state index in [9.17, 15) is 39.9 Å². The van der Waals surface area contributed by atoms with E-state index in [0.717, 1.165) is 25.2 Å². The maximum atomic E-state index is 13.5. The lowest BCUT2D eigenvalue weighted by Gasteiger charge is -2.24. The number of nitrogens with one attached hydrogen (secondary N) is 1. The number of rotatable bonds is 5. The van der Waals surface area contributed by atoms with E-state index in [0.29, 0.717) is 10.7 Å². The third-order valence-corrected chi connectivity index (χ3v) is 3.10. The van der Waals surface area contributed by atoms with Crippen LogP contribution >= 0.6 is 0 Å². The van der Waals surface area contributed by atoms with E-state index in [-0.39, 0.29) is 0 Å². The highest BCUT2D eigenvalue weighted by Gasteiger charge is 2.59. The molecule has 1 atom stereocenters. The number of halogens is 8. The fraction of sp³-hybridized carbons (Fsp3) is 0.286. The minimum Gasteiger partial charge on any atom is -0.428 e. The smallest absolute Gasteiger partial charge is 0.428 e. The van der Waals surface area contributed by atoms with Crippen LogP contribution < -0.4 is 10.1 Å². The summed E-state index contributed by atoms with van der Waals surface area (Å²) in [6, 6.07) is 3.82. The lowest BCUT2D eigenvalue weighted by Crippen LogP contribution is -2.45. The van der Waals surface area contributed by atoms with Crippen LogP contribution in [0.3, 0.4) is 0 Å². The molecule has 1 amide bonds. The molecule has 1 unspecified atom stereocenters. The number of nitrogens with zero attached hydrogens (tertiary/aromatic N) is 2. The van der Waals surface area contributed by atoms with Gasteiger partial charge in [-0.15, -0.1) is 0 Å². The Hall–Kier alpha value is -2.86. The van der Waals surface area contributed by atoms with Gasteiger partial charge in [0.1, 0.15) is 5.75 Å². The highest BCUT2D eigenvalue weighted by atomic mass is 19.4. The normalized spacial score (nSPS) is 13.4. The van der Waals surface area contributed by atoms with Gasteiger partial charge >= 0.3 is 12.3 Å². The number of hydrogen-bond acceptors (Lipinski definition) is 3. The van der Waals surface area contributed by atoms with E-state index in [4.69, 9.17) is 0 Å². The first-order valence-corrected chi connectivity index (χ1v) is 6.90. The van der Waals surface area contributed by atoms with Crippen LogP contribution in [0.1, 0.15) is 10.5 Å². The third-order valence-electron chi connectivity index (χ3n) is 3.10. The molecule has 2 aromatic rings. The summed E-state index contributed by atoms with van der Waals surface area (Å²) in [6.45, 7) is 0. The molecule has 1 heterocycles. The predicted molar refractivity (Wildman–Crippen MR) is 74.0 cm³/mol. The van der Waals surface area contributed by atoms with E-state index < -0.39 is 53.3 Å². The van der Waals surface area contributed by atoms with Gasteiger partial charge in [-0.05, 0) is 12.1 Å². The van der Waals surface area contributed by atoms with E-state index in [1.165, 1.54) is 0 Å². The number of carbonyl (C=O) groups is 1. The standard InChI is InChI=1S/C14H9F8N3O2/c1-25-10(16)8(15)9(24-25)11(26)23-6-4-2-3-5-7(6)27-14(21,22)12(17)13(18,19)20/h2-5,12H,1H3,(H,23,26). The van der Waals surface area contributed by atoms with Crippen molar-refractivity contribution in [1.82, 2.24) is 9.78 Å². The van der Waals surface area contributed by atoms with Gasteiger partial charge < -0.3 is 10.1 Å². The Labute approximate surface area is 145 Å². The molecule has 1 N–H and O–H groups in total. The molecule has 27 heavy (non-hydrogen) atoms. The average molecular weight is 403 g/mol. The first-order chi connectivity index (χ1) is 12.3. The maximum Gasteiger partial charge on any atom is 0.439 e. The number of para-hydroxylation sites is 2. The Kier molecular flexibility index (Phi) is 5.33. The van der Waals surface area contributed by atoms with E-state index in [2.05, 4.69) is 9.84 Å². The van der Waals surface area contributed by atoms with Gasteiger partial charge in [0.15, 0.2) is 5.69 Å². The molecule has 1 aromatic carbocycles. The number of ether oxygens (including phenoxy) is 1. The van der Waals surface area contributed by atoms with E-state index in [1.54, 1.807) is 0 Å². The van der Waals surface area contributed by atoms with Crippen LogP contribution in [0.5, 0.6) is 5.75 Å². The molecule has 0 spiro atoms. The first kappa shape index (κ1) is 20.5. The predicted octanol–water partition coefficient (Wildman–Crippen LogP) is 3.82. The molecular weight excluding hydrogens is 394 g/mol. The van der Waals surface area contributed by atoms with Crippen molar-refractivity contribution in [3.05, 3.63) is 41.7 Å². The fourth-order valence-corrected chi connectivity index (χ4v) is 1.85. The van der Waals surface area contributed by atoms with Gasteiger partial charge in [-0.2, -0.15) is 35.8 Å².